The molecule has 2 rings (SSSR count). The van der Waals surface area contributed by atoms with Crippen LogP contribution in [0.5, 0.6) is 0 Å². The molecule has 3 nitrogen and oxygen atoms in total. The van der Waals surface area contributed by atoms with Crippen LogP contribution < -0.4 is 0 Å². The molecule has 1 aromatic carbocycles. The molecule has 0 saturated carbocycles. The lowest BCUT2D eigenvalue weighted by Gasteiger charge is -2.14. The molecular weight excluding hydrogens is 238 g/mol. The van der Waals surface area contributed by atoms with Crippen LogP contribution in [0.2, 0.25) is 0 Å². The summed E-state index contributed by atoms with van der Waals surface area (Å²) < 4.78 is 0. The van der Waals surface area contributed by atoms with E-state index in [1.54, 1.807) is 0 Å². The molecule has 1 fully saturated rings. The standard InChI is InChI=1S/C16H21NO2/c1-13-7-9-14(10-8-13)15(18)5-4-6-16(19)17-11-2-3-12-17/h7-10H,2-6,11-12H2,1H3. The number of aryl methyl sites for hydroxylation is 1. The predicted octanol–water partition coefficient (Wildman–Crippen LogP) is 2.97. The van der Waals surface area contributed by atoms with Gasteiger partial charge in [-0.15, -0.1) is 0 Å². The zero-order valence-electron chi connectivity index (χ0n) is 11.5. The maximum Gasteiger partial charge on any atom is 0.222 e. The van der Waals surface area contributed by atoms with Crippen molar-refractivity contribution in [1.82, 2.24) is 4.90 Å². The SMILES string of the molecule is Cc1ccc(C(=O)CCCC(=O)N2CCCC2)cc1. The number of nitrogens with zero attached hydrogens (tertiary/aromatic N) is 1. The summed E-state index contributed by atoms with van der Waals surface area (Å²) in [6, 6.07) is 7.62. The van der Waals surface area contributed by atoms with Crippen molar-refractivity contribution in [3.8, 4) is 0 Å². The molecule has 0 atom stereocenters. The van der Waals surface area contributed by atoms with Gasteiger partial charge in [0.15, 0.2) is 5.78 Å². The van der Waals surface area contributed by atoms with Gasteiger partial charge in [0.1, 0.15) is 0 Å². The predicted molar refractivity (Wildman–Crippen MR) is 75.2 cm³/mol. The van der Waals surface area contributed by atoms with E-state index in [4.69, 9.17) is 0 Å². The van der Waals surface area contributed by atoms with Crippen molar-refractivity contribution in [1.29, 1.82) is 0 Å². The highest BCUT2D eigenvalue weighted by molar-refractivity contribution is 5.96. The minimum Gasteiger partial charge on any atom is -0.343 e. The number of carbonyl (C=O) groups is 2. The van der Waals surface area contributed by atoms with E-state index in [2.05, 4.69) is 0 Å². The summed E-state index contributed by atoms with van der Waals surface area (Å²) in [5, 5.41) is 0. The second kappa shape index (κ2) is 6.50. The summed E-state index contributed by atoms with van der Waals surface area (Å²) in [7, 11) is 0. The van der Waals surface area contributed by atoms with Crippen LogP contribution in [0.3, 0.4) is 0 Å². The highest BCUT2D eigenvalue weighted by atomic mass is 16.2. The molecule has 1 aromatic rings. The molecule has 0 N–H and O–H groups in total. The lowest BCUT2D eigenvalue weighted by atomic mass is 10.0. The fourth-order valence-corrected chi connectivity index (χ4v) is 2.41. The Kier molecular flexibility index (Phi) is 4.72. The Morgan fingerprint density at radius 3 is 2.32 bits per heavy atom. The molecule has 102 valence electrons. The summed E-state index contributed by atoms with van der Waals surface area (Å²) in [6.45, 7) is 3.79. The molecule has 1 saturated heterocycles. The molecule has 1 aliphatic rings. The maximum absolute atomic E-state index is 11.9. The van der Waals surface area contributed by atoms with E-state index in [0.717, 1.165) is 37.1 Å². The van der Waals surface area contributed by atoms with E-state index in [1.807, 2.05) is 36.1 Å². The molecule has 1 aliphatic heterocycles. The van der Waals surface area contributed by atoms with Crippen molar-refractivity contribution < 1.29 is 9.59 Å². The van der Waals surface area contributed by atoms with Crippen LogP contribution in [0.4, 0.5) is 0 Å². The Balaban J connectivity index is 1.74. The first kappa shape index (κ1) is 13.8. The first-order valence-electron chi connectivity index (χ1n) is 7.04. The lowest BCUT2D eigenvalue weighted by molar-refractivity contribution is -0.130. The van der Waals surface area contributed by atoms with E-state index in [1.165, 1.54) is 0 Å². The molecule has 1 heterocycles. The summed E-state index contributed by atoms with van der Waals surface area (Å²) in [4.78, 5) is 25.7. The average molecular weight is 259 g/mol. The molecule has 19 heavy (non-hydrogen) atoms. The summed E-state index contributed by atoms with van der Waals surface area (Å²) in [5.74, 6) is 0.337. The van der Waals surface area contributed by atoms with Gasteiger partial charge in [-0.3, -0.25) is 9.59 Å². The third-order valence-electron chi connectivity index (χ3n) is 3.63. The molecule has 0 bridgehead atoms. The highest BCUT2D eigenvalue weighted by Gasteiger charge is 2.17. The van der Waals surface area contributed by atoms with Gasteiger partial charge < -0.3 is 4.90 Å². The number of rotatable bonds is 5. The van der Waals surface area contributed by atoms with Gasteiger partial charge in [0.05, 0.1) is 0 Å². The van der Waals surface area contributed by atoms with E-state index in [9.17, 15) is 9.59 Å². The van der Waals surface area contributed by atoms with Crippen LogP contribution in [-0.4, -0.2) is 29.7 Å². The number of amides is 1. The summed E-state index contributed by atoms with van der Waals surface area (Å²) in [6.07, 6.45) is 3.85. The summed E-state index contributed by atoms with van der Waals surface area (Å²) in [5.41, 5.74) is 1.90. The minimum absolute atomic E-state index is 0.134. The van der Waals surface area contributed by atoms with Crippen LogP contribution in [-0.2, 0) is 4.79 Å². The van der Waals surface area contributed by atoms with Crippen LogP contribution in [0.25, 0.3) is 0 Å². The smallest absolute Gasteiger partial charge is 0.222 e. The minimum atomic E-state index is 0.134. The molecular formula is C16H21NO2. The van der Waals surface area contributed by atoms with Crippen LogP contribution in [0.1, 0.15) is 48.0 Å². The third-order valence-corrected chi connectivity index (χ3v) is 3.63. The zero-order chi connectivity index (χ0) is 13.7. The van der Waals surface area contributed by atoms with Crippen molar-refractivity contribution in [2.75, 3.05) is 13.1 Å². The number of hydrogen-bond acceptors (Lipinski definition) is 2. The van der Waals surface area contributed by atoms with Gasteiger partial charge in [-0.1, -0.05) is 29.8 Å². The Morgan fingerprint density at radius 1 is 1.05 bits per heavy atom. The molecule has 0 spiro atoms. The van der Waals surface area contributed by atoms with Gasteiger partial charge in [-0.2, -0.15) is 0 Å². The van der Waals surface area contributed by atoms with Gasteiger partial charge in [0.2, 0.25) is 5.91 Å². The van der Waals surface area contributed by atoms with Crippen LogP contribution in [0, 0.1) is 6.92 Å². The lowest BCUT2D eigenvalue weighted by Crippen LogP contribution is -2.27. The number of benzene rings is 1. The number of carbonyl (C=O) groups excluding carboxylic acids is 2. The molecule has 0 aromatic heterocycles. The van der Waals surface area contributed by atoms with Gasteiger partial charge >= 0.3 is 0 Å². The van der Waals surface area contributed by atoms with Crippen molar-refractivity contribution in [3.63, 3.8) is 0 Å². The van der Waals surface area contributed by atoms with Gasteiger partial charge in [-0.05, 0) is 26.2 Å². The fourth-order valence-electron chi connectivity index (χ4n) is 2.41. The Bertz CT molecular complexity index is 444. The Morgan fingerprint density at radius 2 is 1.68 bits per heavy atom. The molecule has 0 unspecified atom stereocenters. The molecule has 3 heteroatoms. The van der Waals surface area contributed by atoms with Crippen LogP contribution >= 0.6 is 0 Å². The van der Waals surface area contributed by atoms with Gasteiger partial charge in [-0.25, -0.2) is 0 Å². The van der Waals surface area contributed by atoms with Crippen molar-refractivity contribution in [2.45, 2.75) is 39.0 Å². The molecule has 1 amide bonds. The number of Topliss-reactive ketones (excluding diaryl/α,β-unsaturated/α-hetero) is 1. The monoisotopic (exact) mass is 259 g/mol. The Hall–Kier alpha value is -1.64. The number of ketones is 1. The van der Waals surface area contributed by atoms with Crippen molar-refractivity contribution in [3.05, 3.63) is 35.4 Å². The third kappa shape index (κ3) is 3.91. The number of likely N-dealkylation sites (tertiary alicyclic amines) is 1. The first-order chi connectivity index (χ1) is 9.16. The van der Waals surface area contributed by atoms with Crippen molar-refractivity contribution >= 4 is 11.7 Å². The average Bonchev–Trinajstić information content (AvgIpc) is 2.93. The summed E-state index contributed by atoms with van der Waals surface area (Å²) >= 11 is 0. The van der Waals surface area contributed by atoms with E-state index in [-0.39, 0.29) is 11.7 Å². The fraction of sp³-hybridized carbons (Fsp3) is 0.500. The first-order valence-corrected chi connectivity index (χ1v) is 7.04. The zero-order valence-corrected chi connectivity index (χ0v) is 11.5. The van der Waals surface area contributed by atoms with Gasteiger partial charge in [0.25, 0.3) is 0 Å². The number of hydrogen-bond donors (Lipinski definition) is 0. The quantitative estimate of drug-likeness (QED) is 0.762. The largest absolute Gasteiger partial charge is 0.343 e. The second-order valence-electron chi connectivity index (χ2n) is 5.23. The van der Waals surface area contributed by atoms with E-state index < -0.39 is 0 Å². The molecule has 0 aliphatic carbocycles. The van der Waals surface area contributed by atoms with E-state index >= 15 is 0 Å². The highest BCUT2D eigenvalue weighted by Crippen LogP contribution is 2.12. The van der Waals surface area contributed by atoms with E-state index in [0.29, 0.717) is 19.3 Å². The van der Waals surface area contributed by atoms with Crippen molar-refractivity contribution in [2.24, 2.45) is 0 Å². The molecule has 0 radical (unpaired) electrons. The normalized spacial score (nSPS) is 14.7. The topological polar surface area (TPSA) is 37.4 Å². The second-order valence-corrected chi connectivity index (χ2v) is 5.23. The van der Waals surface area contributed by atoms with Crippen LogP contribution in [0.15, 0.2) is 24.3 Å². The van der Waals surface area contributed by atoms with Gasteiger partial charge in [0, 0.05) is 31.5 Å². The Labute approximate surface area is 114 Å². The maximum atomic E-state index is 11.9.